The van der Waals surface area contributed by atoms with E-state index >= 15 is 0 Å². The summed E-state index contributed by atoms with van der Waals surface area (Å²) in [6.07, 6.45) is 1.26. The van der Waals surface area contributed by atoms with Gasteiger partial charge in [0.25, 0.3) is 0 Å². The van der Waals surface area contributed by atoms with Crippen LogP contribution in [0.2, 0.25) is 5.02 Å². The van der Waals surface area contributed by atoms with Gasteiger partial charge in [-0.2, -0.15) is 0 Å². The van der Waals surface area contributed by atoms with Crippen LogP contribution in [-0.2, 0) is 16.1 Å². The van der Waals surface area contributed by atoms with Crippen LogP contribution in [0.4, 0.5) is 5.69 Å². The van der Waals surface area contributed by atoms with Crippen LogP contribution >= 0.6 is 11.6 Å². The average Bonchev–Trinajstić information content (AvgIpc) is 2.68. The average molecular weight is 378 g/mol. The van der Waals surface area contributed by atoms with Crippen molar-refractivity contribution < 1.29 is 14.3 Å². The molecule has 0 aliphatic heterocycles. The zero-order chi connectivity index (χ0) is 19.5. The Morgan fingerprint density at radius 2 is 1.85 bits per heavy atom. The molecular weight excluding hydrogens is 354 g/mol. The summed E-state index contributed by atoms with van der Waals surface area (Å²) in [5.41, 5.74) is 7.02. The Bertz CT molecular complexity index is 736. The van der Waals surface area contributed by atoms with Crippen molar-refractivity contribution in [1.29, 1.82) is 0 Å². The van der Waals surface area contributed by atoms with Gasteiger partial charge in [-0.1, -0.05) is 55.8 Å². The highest BCUT2D eigenvalue weighted by Crippen LogP contribution is 2.29. The maximum absolute atomic E-state index is 11.3. The van der Waals surface area contributed by atoms with E-state index in [0.717, 1.165) is 5.56 Å². The van der Waals surface area contributed by atoms with Crippen LogP contribution in [0.5, 0.6) is 5.75 Å². The molecule has 2 aromatic rings. The van der Waals surface area contributed by atoms with E-state index in [1.807, 2.05) is 44.2 Å². The van der Waals surface area contributed by atoms with E-state index in [9.17, 15) is 4.79 Å². The van der Waals surface area contributed by atoms with Gasteiger partial charge in [0.2, 0.25) is 0 Å². The predicted molar refractivity (Wildman–Crippen MR) is 105 cm³/mol. The lowest BCUT2D eigenvalue weighted by molar-refractivity contribution is -0.136. The number of methoxy groups -OCH3 is 1. The fourth-order valence-electron chi connectivity index (χ4n) is 1.89. The van der Waals surface area contributed by atoms with Gasteiger partial charge in [0, 0.05) is 6.07 Å². The zero-order valence-electron chi connectivity index (χ0n) is 15.1. The first-order valence-electron chi connectivity index (χ1n) is 8.07. The molecule has 0 saturated heterocycles. The Morgan fingerprint density at radius 3 is 2.46 bits per heavy atom. The fraction of sp³-hybridized carbons (Fsp3) is 0.211. The molecule has 0 aliphatic carbocycles. The van der Waals surface area contributed by atoms with E-state index < -0.39 is 5.97 Å². The summed E-state index contributed by atoms with van der Waals surface area (Å²) in [6.45, 7) is 4.37. The molecule has 2 rings (SSSR count). The lowest BCUT2D eigenvalue weighted by atomic mass is 10.2. The minimum absolute atomic E-state index is 0.123. The number of rotatable bonds is 6. The number of anilines is 1. The molecule has 0 heterocycles. The minimum Gasteiger partial charge on any atom is -0.487 e. The molecule has 4 N–H and O–H groups in total. The highest BCUT2D eigenvalue weighted by Gasteiger charge is 2.10. The quantitative estimate of drug-likeness (QED) is 0.346. The summed E-state index contributed by atoms with van der Waals surface area (Å²) >= 11 is 6.15. The van der Waals surface area contributed by atoms with Gasteiger partial charge in [-0.25, -0.2) is 10.6 Å². The number of carbonyl (C=O) groups excluding carboxylic acids is 1. The fourth-order valence-corrected chi connectivity index (χ4v) is 2.07. The molecule has 0 aromatic heterocycles. The van der Waals surface area contributed by atoms with Gasteiger partial charge in [0.15, 0.2) is 0 Å². The minimum atomic E-state index is -0.667. The third-order valence-electron chi connectivity index (χ3n) is 3.15. The topological polar surface area (TPSA) is 90.8 Å². The first-order chi connectivity index (χ1) is 12.5. The zero-order valence-corrected chi connectivity index (χ0v) is 15.9. The van der Waals surface area contributed by atoms with Gasteiger partial charge in [-0.05, 0) is 17.7 Å². The second kappa shape index (κ2) is 11.0. The number of benzene rings is 2. The largest absolute Gasteiger partial charge is 0.487 e. The van der Waals surface area contributed by atoms with Crippen LogP contribution in [-0.4, -0.2) is 13.1 Å². The summed E-state index contributed by atoms with van der Waals surface area (Å²) in [4.78, 5) is 11.3. The molecule has 0 fully saturated rings. The third-order valence-corrected chi connectivity index (χ3v) is 3.46. The first kappa shape index (κ1) is 21.3. The van der Waals surface area contributed by atoms with Crippen LogP contribution in [0, 0.1) is 0 Å². The van der Waals surface area contributed by atoms with E-state index in [1.54, 1.807) is 18.2 Å². The number of hydrogen-bond donors (Lipinski definition) is 2. The van der Waals surface area contributed by atoms with E-state index in [0.29, 0.717) is 23.1 Å². The summed E-state index contributed by atoms with van der Waals surface area (Å²) in [5.74, 6) is 5.69. The van der Waals surface area contributed by atoms with Crippen LogP contribution in [0.25, 0.3) is 0 Å². The summed E-state index contributed by atoms with van der Waals surface area (Å²) in [6, 6.07) is 14.7. The van der Waals surface area contributed by atoms with Crippen LogP contribution in [0.1, 0.15) is 19.4 Å². The molecule has 0 spiro atoms. The first-order valence-corrected chi connectivity index (χ1v) is 8.45. The van der Waals surface area contributed by atoms with E-state index in [4.69, 9.17) is 27.9 Å². The molecule has 0 unspecified atom stereocenters. The summed E-state index contributed by atoms with van der Waals surface area (Å²) in [7, 11) is 1.24. The highest BCUT2D eigenvalue weighted by atomic mass is 35.5. The molecule has 6 nitrogen and oxygen atoms in total. The van der Waals surface area contributed by atoms with Gasteiger partial charge in [0.05, 0.1) is 24.0 Å². The van der Waals surface area contributed by atoms with Crippen molar-refractivity contribution in [2.45, 2.75) is 20.5 Å². The van der Waals surface area contributed by atoms with Gasteiger partial charge in [-0.15, -0.1) is 0 Å². The maximum Gasteiger partial charge on any atom is 0.355 e. The molecule has 7 heteroatoms. The highest BCUT2D eigenvalue weighted by molar-refractivity contribution is 6.32. The number of nitrogens with two attached hydrogens (primary N) is 2. The smallest absolute Gasteiger partial charge is 0.355 e. The van der Waals surface area contributed by atoms with Crippen molar-refractivity contribution in [2.24, 2.45) is 11.6 Å². The number of halogens is 1. The van der Waals surface area contributed by atoms with Crippen molar-refractivity contribution in [3.8, 4) is 5.75 Å². The van der Waals surface area contributed by atoms with Crippen molar-refractivity contribution in [3.05, 3.63) is 71.0 Å². The molecular formula is C19H24ClN3O3. The Balaban J connectivity index is 0.00000163. The maximum atomic E-state index is 11.3. The SMILES string of the molecule is CC.COC(=O)/C(N)=C/N(N)c1ccc(Cl)c(OCc2ccccc2)c1. The lowest BCUT2D eigenvalue weighted by Crippen LogP contribution is -2.28. The third kappa shape index (κ3) is 6.31. The summed E-state index contributed by atoms with van der Waals surface area (Å²) in [5, 5.41) is 1.64. The number of nitrogens with zero attached hydrogens (tertiary/aromatic N) is 1. The number of ether oxygens (including phenoxy) is 2. The monoisotopic (exact) mass is 377 g/mol. The molecule has 2 aromatic carbocycles. The van der Waals surface area contributed by atoms with Crippen molar-refractivity contribution in [2.75, 3.05) is 12.1 Å². The molecule has 0 amide bonds. The number of hydrogen-bond acceptors (Lipinski definition) is 6. The molecule has 26 heavy (non-hydrogen) atoms. The number of hydrazine groups is 1. The number of esters is 1. The molecule has 140 valence electrons. The van der Waals surface area contributed by atoms with Crippen molar-refractivity contribution >= 4 is 23.3 Å². The summed E-state index contributed by atoms with van der Waals surface area (Å²) < 4.78 is 10.2. The second-order valence-corrected chi connectivity index (χ2v) is 5.28. The van der Waals surface area contributed by atoms with E-state index in [-0.39, 0.29) is 5.70 Å². The molecule has 0 radical (unpaired) electrons. The second-order valence-electron chi connectivity index (χ2n) is 4.87. The number of carbonyl (C=O) groups is 1. The standard InChI is InChI=1S/C17H18ClN3O3.C2H6/c1-23-17(22)15(19)10-21(20)13-7-8-14(18)16(9-13)24-11-12-5-3-2-4-6-12;1-2/h2-10H,11,19-20H2,1H3;1-2H3/b15-10-;. The Kier molecular flexibility index (Phi) is 9.05. The van der Waals surface area contributed by atoms with Gasteiger partial charge >= 0.3 is 5.97 Å². The van der Waals surface area contributed by atoms with Crippen LogP contribution in [0.3, 0.4) is 0 Å². The normalized spacial score (nSPS) is 10.4. The van der Waals surface area contributed by atoms with E-state index in [1.165, 1.54) is 18.3 Å². The Labute approximate surface area is 158 Å². The Hall–Kier alpha value is -2.70. The predicted octanol–water partition coefficient (Wildman–Crippen LogP) is 3.60. The van der Waals surface area contributed by atoms with Gasteiger partial charge in [-0.3, -0.25) is 5.01 Å². The van der Waals surface area contributed by atoms with Crippen LogP contribution in [0.15, 0.2) is 60.4 Å². The molecule has 0 aliphatic rings. The Morgan fingerprint density at radius 1 is 1.19 bits per heavy atom. The van der Waals surface area contributed by atoms with Gasteiger partial charge in [0.1, 0.15) is 18.1 Å². The van der Waals surface area contributed by atoms with Crippen molar-refractivity contribution in [3.63, 3.8) is 0 Å². The molecule has 0 atom stereocenters. The lowest BCUT2D eigenvalue weighted by Gasteiger charge is -2.17. The van der Waals surface area contributed by atoms with E-state index in [2.05, 4.69) is 4.74 Å². The molecule has 0 saturated carbocycles. The van der Waals surface area contributed by atoms with Crippen molar-refractivity contribution in [1.82, 2.24) is 0 Å². The van der Waals surface area contributed by atoms with Gasteiger partial charge < -0.3 is 15.2 Å². The molecule has 0 bridgehead atoms. The van der Waals surface area contributed by atoms with Crippen LogP contribution < -0.4 is 21.3 Å².